The van der Waals surface area contributed by atoms with Gasteiger partial charge in [-0.2, -0.15) is 0 Å². The number of carbonyl (C=O) groups is 3. The summed E-state index contributed by atoms with van der Waals surface area (Å²) in [5, 5.41) is 0. The maximum atomic E-state index is 12.9. The lowest BCUT2D eigenvalue weighted by atomic mass is 10.1. The Labute approximate surface area is 463 Å². The van der Waals surface area contributed by atoms with Gasteiger partial charge < -0.3 is 14.2 Å². The third-order valence-corrected chi connectivity index (χ3v) is 13.3. The molecule has 0 aromatic carbocycles. The topological polar surface area (TPSA) is 78.9 Å². The molecule has 0 rings (SSSR count). The van der Waals surface area contributed by atoms with Gasteiger partial charge in [-0.15, -0.1) is 0 Å². The van der Waals surface area contributed by atoms with Gasteiger partial charge in [0, 0.05) is 19.3 Å². The van der Waals surface area contributed by atoms with Gasteiger partial charge >= 0.3 is 17.9 Å². The number of unbranched alkanes of at least 4 members (excludes halogenated alkanes) is 27. The van der Waals surface area contributed by atoms with Crippen LogP contribution in [0.5, 0.6) is 0 Å². The SMILES string of the molecule is CC/C=C\C/C=C\C/C=C\C/C=C\C/C=C\C/C=C\C/C=C\C/C=C\CCCCCCCCC(=O)OCC(COC(=O)CCCCCCCCCCCCC)OC(=O)CCCCCCC/C=C\CCCCCCCC. The molecule has 75 heavy (non-hydrogen) atoms. The fourth-order valence-electron chi connectivity index (χ4n) is 8.57. The molecule has 0 heterocycles. The number of esters is 3. The van der Waals surface area contributed by atoms with Crippen LogP contribution in [0.1, 0.15) is 290 Å². The fourth-order valence-corrected chi connectivity index (χ4v) is 8.57. The predicted molar refractivity (Wildman–Crippen MR) is 325 cm³/mol. The van der Waals surface area contributed by atoms with Gasteiger partial charge in [0.15, 0.2) is 6.10 Å². The lowest BCUT2D eigenvalue weighted by Crippen LogP contribution is -2.30. The Morgan fingerprint density at radius 2 is 0.520 bits per heavy atom. The molecule has 0 radical (unpaired) electrons. The lowest BCUT2D eigenvalue weighted by Gasteiger charge is -2.18. The van der Waals surface area contributed by atoms with Crippen molar-refractivity contribution in [2.45, 2.75) is 297 Å². The molecule has 0 aliphatic heterocycles. The molecule has 0 bridgehead atoms. The van der Waals surface area contributed by atoms with Crippen molar-refractivity contribution in [1.82, 2.24) is 0 Å². The summed E-state index contributed by atoms with van der Waals surface area (Å²) in [5.74, 6) is -0.903. The van der Waals surface area contributed by atoms with Crippen LogP contribution in [-0.4, -0.2) is 37.2 Å². The van der Waals surface area contributed by atoms with Crippen LogP contribution in [0.4, 0.5) is 0 Å². The molecule has 0 aromatic heterocycles. The Bertz CT molecular complexity index is 1520. The van der Waals surface area contributed by atoms with Crippen LogP contribution in [0.25, 0.3) is 0 Å². The highest BCUT2D eigenvalue weighted by Gasteiger charge is 2.19. The van der Waals surface area contributed by atoms with Crippen LogP contribution >= 0.6 is 0 Å². The minimum Gasteiger partial charge on any atom is -0.462 e. The Hall–Kier alpha value is -3.93. The Balaban J connectivity index is 4.28. The first-order valence-electron chi connectivity index (χ1n) is 31.4. The lowest BCUT2D eigenvalue weighted by molar-refractivity contribution is -0.167. The highest BCUT2D eigenvalue weighted by Crippen LogP contribution is 2.15. The zero-order valence-electron chi connectivity index (χ0n) is 49.0. The van der Waals surface area contributed by atoms with E-state index in [4.69, 9.17) is 14.2 Å². The average molecular weight is 1040 g/mol. The highest BCUT2D eigenvalue weighted by molar-refractivity contribution is 5.71. The number of rotatable bonds is 56. The number of hydrogen-bond acceptors (Lipinski definition) is 6. The van der Waals surface area contributed by atoms with E-state index in [0.717, 1.165) is 135 Å². The maximum absolute atomic E-state index is 12.9. The average Bonchev–Trinajstić information content (AvgIpc) is 3.41. The summed E-state index contributed by atoms with van der Waals surface area (Å²) in [6, 6.07) is 0. The maximum Gasteiger partial charge on any atom is 0.306 e. The molecule has 0 saturated carbocycles. The Kier molecular flexibility index (Phi) is 59.3. The van der Waals surface area contributed by atoms with Crippen LogP contribution in [0.3, 0.4) is 0 Å². The van der Waals surface area contributed by atoms with Crippen molar-refractivity contribution in [2.24, 2.45) is 0 Å². The summed E-state index contributed by atoms with van der Waals surface area (Å²) in [7, 11) is 0. The standard InChI is InChI=1S/C69H116O6/c1-4-7-10-13-16-19-22-24-26-27-28-29-30-31-32-33-34-35-36-37-38-39-40-41-43-44-47-50-53-56-59-62-68(71)74-65-66(64-73-67(70)61-58-55-52-49-46-21-18-15-12-9-6-3)75-69(72)63-60-57-54-51-48-45-42-25-23-20-17-14-11-8-5-2/h7,10,16,19,24-26,28-29,31-32,34-35,37-38,40-42,66H,4-6,8-9,11-15,17-18,20-23,27,30,33,36,39,43-65H2,1-3H3/b10-7-,19-16-,26-24-,29-28-,32-31-,35-34-,38-37-,41-40-,42-25-. The molecule has 0 aromatic rings. The van der Waals surface area contributed by atoms with E-state index in [1.54, 1.807) is 0 Å². The van der Waals surface area contributed by atoms with E-state index in [2.05, 4.69) is 130 Å². The second-order valence-electron chi connectivity index (χ2n) is 20.6. The monoisotopic (exact) mass is 1040 g/mol. The van der Waals surface area contributed by atoms with Gasteiger partial charge in [0.25, 0.3) is 0 Å². The van der Waals surface area contributed by atoms with Crippen LogP contribution < -0.4 is 0 Å². The van der Waals surface area contributed by atoms with Gasteiger partial charge in [-0.05, 0) is 109 Å². The van der Waals surface area contributed by atoms with Crippen LogP contribution in [0, 0.1) is 0 Å². The second kappa shape index (κ2) is 62.6. The van der Waals surface area contributed by atoms with Crippen molar-refractivity contribution in [3.05, 3.63) is 109 Å². The molecule has 1 unspecified atom stereocenters. The normalized spacial score (nSPS) is 12.8. The van der Waals surface area contributed by atoms with E-state index in [1.165, 1.54) is 116 Å². The van der Waals surface area contributed by atoms with Crippen LogP contribution in [0.15, 0.2) is 109 Å². The zero-order chi connectivity index (χ0) is 54.3. The quantitative estimate of drug-likeness (QED) is 0.0261. The van der Waals surface area contributed by atoms with Crippen molar-refractivity contribution >= 4 is 17.9 Å². The molecule has 0 spiro atoms. The minimum absolute atomic E-state index is 0.0841. The minimum atomic E-state index is -0.788. The van der Waals surface area contributed by atoms with Crippen molar-refractivity contribution in [3.63, 3.8) is 0 Å². The number of allylic oxidation sites excluding steroid dienone is 18. The zero-order valence-corrected chi connectivity index (χ0v) is 49.0. The molecular weight excluding hydrogens is 925 g/mol. The third-order valence-electron chi connectivity index (χ3n) is 13.3. The van der Waals surface area contributed by atoms with E-state index < -0.39 is 6.10 Å². The van der Waals surface area contributed by atoms with Crippen molar-refractivity contribution in [1.29, 1.82) is 0 Å². The molecule has 0 aliphatic rings. The second-order valence-corrected chi connectivity index (χ2v) is 20.6. The first kappa shape index (κ1) is 71.1. The number of ether oxygens (including phenoxy) is 3. The number of carbonyl (C=O) groups excluding carboxylic acids is 3. The van der Waals surface area contributed by atoms with E-state index >= 15 is 0 Å². The largest absolute Gasteiger partial charge is 0.462 e. The summed E-state index contributed by atoms with van der Waals surface area (Å²) in [6.07, 6.45) is 85.2. The molecular formula is C69H116O6. The highest BCUT2D eigenvalue weighted by atomic mass is 16.6. The molecule has 428 valence electrons. The summed E-state index contributed by atoms with van der Waals surface area (Å²) in [4.78, 5) is 38.2. The van der Waals surface area contributed by atoms with Gasteiger partial charge in [-0.1, -0.05) is 271 Å². The summed E-state index contributed by atoms with van der Waals surface area (Å²) < 4.78 is 16.9. The summed E-state index contributed by atoms with van der Waals surface area (Å²) in [5.41, 5.74) is 0. The van der Waals surface area contributed by atoms with Crippen molar-refractivity contribution in [2.75, 3.05) is 13.2 Å². The molecule has 0 fully saturated rings. The first-order valence-corrected chi connectivity index (χ1v) is 31.4. The van der Waals surface area contributed by atoms with Gasteiger partial charge in [0.1, 0.15) is 13.2 Å². The molecule has 6 nitrogen and oxygen atoms in total. The third kappa shape index (κ3) is 60.8. The van der Waals surface area contributed by atoms with E-state index in [0.29, 0.717) is 19.3 Å². The van der Waals surface area contributed by atoms with E-state index in [-0.39, 0.29) is 31.1 Å². The smallest absolute Gasteiger partial charge is 0.306 e. The predicted octanol–water partition coefficient (Wildman–Crippen LogP) is 21.4. The molecule has 0 aliphatic carbocycles. The Morgan fingerprint density at radius 1 is 0.280 bits per heavy atom. The van der Waals surface area contributed by atoms with Gasteiger partial charge in [0.2, 0.25) is 0 Å². The van der Waals surface area contributed by atoms with Crippen LogP contribution in [-0.2, 0) is 28.6 Å². The van der Waals surface area contributed by atoms with Gasteiger partial charge in [-0.25, -0.2) is 0 Å². The summed E-state index contributed by atoms with van der Waals surface area (Å²) >= 11 is 0. The fraction of sp³-hybridized carbons (Fsp3) is 0.696. The van der Waals surface area contributed by atoms with Crippen molar-refractivity contribution in [3.8, 4) is 0 Å². The first-order chi connectivity index (χ1) is 37.0. The molecule has 1 atom stereocenters. The van der Waals surface area contributed by atoms with E-state index in [9.17, 15) is 14.4 Å². The molecule has 0 amide bonds. The van der Waals surface area contributed by atoms with Gasteiger partial charge in [-0.3, -0.25) is 14.4 Å². The molecule has 0 saturated heterocycles. The number of hydrogen-bond donors (Lipinski definition) is 0. The summed E-state index contributed by atoms with van der Waals surface area (Å²) in [6.45, 7) is 6.51. The van der Waals surface area contributed by atoms with Crippen molar-refractivity contribution < 1.29 is 28.6 Å². The van der Waals surface area contributed by atoms with Crippen LogP contribution in [0.2, 0.25) is 0 Å². The molecule has 0 N–H and O–H groups in total. The Morgan fingerprint density at radius 3 is 0.827 bits per heavy atom. The van der Waals surface area contributed by atoms with Gasteiger partial charge in [0.05, 0.1) is 0 Å². The molecule has 6 heteroatoms. The van der Waals surface area contributed by atoms with E-state index in [1.807, 2.05) is 0 Å².